The van der Waals surface area contributed by atoms with Crippen LogP contribution in [0.25, 0.3) is 0 Å². The summed E-state index contributed by atoms with van der Waals surface area (Å²) in [6, 6.07) is -0.309. The van der Waals surface area contributed by atoms with E-state index in [9.17, 15) is 9.59 Å². The molecule has 1 unspecified atom stereocenters. The lowest BCUT2D eigenvalue weighted by Crippen LogP contribution is -2.43. The number of hydrogen-bond acceptors (Lipinski definition) is 4. The Morgan fingerprint density at radius 1 is 1.38 bits per heavy atom. The molecule has 94 valence electrons. The fourth-order valence-electron chi connectivity index (χ4n) is 0.882. The molecule has 0 aliphatic heterocycles. The van der Waals surface area contributed by atoms with Gasteiger partial charge in [-0.25, -0.2) is 4.79 Å². The van der Waals surface area contributed by atoms with E-state index in [0.29, 0.717) is 0 Å². The highest BCUT2D eigenvalue weighted by Gasteiger charge is 2.09. The first-order valence-corrected chi connectivity index (χ1v) is 6.54. The molecule has 0 aliphatic carbocycles. The molecule has 0 saturated carbocycles. The Balaban J connectivity index is 3.62. The lowest BCUT2D eigenvalue weighted by molar-refractivity contribution is -0.117. The molecule has 0 heterocycles. The molecule has 0 aromatic heterocycles. The Labute approximate surface area is 101 Å². The van der Waals surface area contributed by atoms with Gasteiger partial charge in [0.25, 0.3) is 0 Å². The molecule has 0 spiro atoms. The fraction of sp³-hybridized carbons (Fsp3) is 0.800. The average Bonchev–Trinajstić information content (AvgIpc) is 2.15. The van der Waals surface area contributed by atoms with Crippen LogP contribution in [0.3, 0.4) is 0 Å². The van der Waals surface area contributed by atoms with Crippen LogP contribution in [0, 0.1) is 0 Å². The van der Waals surface area contributed by atoms with Crippen LogP contribution in [0.1, 0.15) is 27.2 Å². The summed E-state index contributed by atoms with van der Waals surface area (Å²) in [5.41, 5.74) is 5.69. The van der Waals surface area contributed by atoms with Crippen molar-refractivity contribution in [2.45, 2.75) is 39.3 Å². The number of rotatable bonds is 6. The van der Waals surface area contributed by atoms with E-state index >= 15 is 0 Å². The molecular formula is C10H21N3O2S. The number of amides is 3. The zero-order chi connectivity index (χ0) is 12.6. The minimum absolute atomic E-state index is 0.0222. The highest BCUT2D eigenvalue weighted by Crippen LogP contribution is 2.02. The molecule has 0 saturated heterocycles. The third-order valence-electron chi connectivity index (χ3n) is 1.76. The summed E-state index contributed by atoms with van der Waals surface area (Å²) in [5, 5.41) is 4.83. The van der Waals surface area contributed by atoms with Gasteiger partial charge in [-0.15, -0.1) is 0 Å². The second-order valence-corrected chi connectivity index (χ2v) is 4.89. The third-order valence-corrected chi connectivity index (χ3v) is 2.89. The Morgan fingerprint density at radius 3 is 2.50 bits per heavy atom. The van der Waals surface area contributed by atoms with Gasteiger partial charge in [0.05, 0.1) is 5.75 Å². The number of nitrogens with two attached hydrogens (primary N) is 1. The highest BCUT2D eigenvalue weighted by molar-refractivity contribution is 8.00. The predicted octanol–water partition coefficient (Wildman–Crippen LogP) is 0.691. The van der Waals surface area contributed by atoms with Crippen LogP contribution >= 0.6 is 11.8 Å². The van der Waals surface area contributed by atoms with E-state index in [0.717, 1.165) is 12.2 Å². The molecular weight excluding hydrogens is 226 g/mol. The second kappa shape index (κ2) is 8.41. The third kappa shape index (κ3) is 8.55. The van der Waals surface area contributed by atoms with Crippen LogP contribution in [-0.2, 0) is 4.79 Å². The normalized spacial score (nSPS) is 12.3. The average molecular weight is 247 g/mol. The van der Waals surface area contributed by atoms with Crippen molar-refractivity contribution >= 4 is 23.7 Å². The quantitative estimate of drug-likeness (QED) is 0.645. The number of thioether (sulfide) groups is 1. The van der Waals surface area contributed by atoms with E-state index < -0.39 is 6.03 Å². The number of urea groups is 1. The van der Waals surface area contributed by atoms with Gasteiger partial charge < -0.3 is 11.1 Å². The first kappa shape index (κ1) is 15.2. The van der Waals surface area contributed by atoms with Gasteiger partial charge in [-0.2, -0.15) is 11.8 Å². The summed E-state index contributed by atoms with van der Waals surface area (Å²) < 4.78 is 0. The van der Waals surface area contributed by atoms with E-state index in [2.05, 4.69) is 10.6 Å². The number of carbonyl (C=O) groups excluding carboxylic acids is 2. The summed E-state index contributed by atoms with van der Waals surface area (Å²) in [6.45, 7) is 5.67. The first-order chi connectivity index (χ1) is 7.45. The maximum atomic E-state index is 11.3. The van der Waals surface area contributed by atoms with E-state index in [4.69, 9.17) is 5.73 Å². The van der Waals surface area contributed by atoms with Gasteiger partial charge in [0.15, 0.2) is 0 Å². The molecule has 0 radical (unpaired) electrons. The Hall–Kier alpha value is -0.750. The standard InChI is InChI=1S/C10H21N3O2S/c1-4-8(11)5-16-6-9(14)13-10(15)12-7(2)3/h7-8H,4-6,11H2,1-3H3,(H2,12,13,14,15). The van der Waals surface area contributed by atoms with Crippen molar-refractivity contribution < 1.29 is 9.59 Å². The van der Waals surface area contributed by atoms with Gasteiger partial charge in [0, 0.05) is 17.8 Å². The molecule has 1 atom stereocenters. The van der Waals surface area contributed by atoms with Crippen LogP contribution < -0.4 is 16.4 Å². The van der Waals surface area contributed by atoms with Gasteiger partial charge in [-0.05, 0) is 20.3 Å². The van der Waals surface area contributed by atoms with Crippen LogP contribution in [0.15, 0.2) is 0 Å². The van der Waals surface area contributed by atoms with Crippen molar-refractivity contribution in [2.75, 3.05) is 11.5 Å². The van der Waals surface area contributed by atoms with Crippen LogP contribution in [-0.4, -0.2) is 35.5 Å². The molecule has 0 aromatic carbocycles. The lowest BCUT2D eigenvalue weighted by atomic mass is 10.3. The van der Waals surface area contributed by atoms with E-state index in [1.165, 1.54) is 11.8 Å². The molecule has 0 aliphatic rings. The van der Waals surface area contributed by atoms with E-state index in [1.807, 2.05) is 20.8 Å². The lowest BCUT2D eigenvalue weighted by Gasteiger charge is -2.10. The maximum absolute atomic E-state index is 11.3. The van der Waals surface area contributed by atoms with Crippen molar-refractivity contribution in [2.24, 2.45) is 5.73 Å². The zero-order valence-electron chi connectivity index (χ0n) is 10.1. The molecule has 0 fully saturated rings. The minimum atomic E-state index is -0.444. The van der Waals surface area contributed by atoms with Crippen molar-refractivity contribution in [3.8, 4) is 0 Å². The van der Waals surface area contributed by atoms with Crippen LogP contribution in [0.4, 0.5) is 4.79 Å². The molecule has 0 aromatic rings. The fourth-order valence-corrected chi connectivity index (χ4v) is 1.80. The first-order valence-electron chi connectivity index (χ1n) is 5.39. The van der Waals surface area contributed by atoms with Crippen LogP contribution in [0.2, 0.25) is 0 Å². The van der Waals surface area contributed by atoms with Crippen molar-refractivity contribution in [1.29, 1.82) is 0 Å². The smallest absolute Gasteiger partial charge is 0.321 e. The number of nitrogens with one attached hydrogen (secondary N) is 2. The van der Waals surface area contributed by atoms with Crippen molar-refractivity contribution in [3.05, 3.63) is 0 Å². The Bertz CT molecular complexity index is 234. The highest BCUT2D eigenvalue weighted by atomic mass is 32.2. The van der Waals surface area contributed by atoms with Crippen LogP contribution in [0.5, 0.6) is 0 Å². The summed E-state index contributed by atoms with van der Waals surface area (Å²) in [5.74, 6) is 0.709. The molecule has 4 N–H and O–H groups in total. The van der Waals surface area contributed by atoms with Gasteiger partial charge >= 0.3 is 6.03 Å². The van der Waals surface area contributed by atoms with Gasteiger partial charge in [0.2, 0.25) is 5.91 Å². The second-order valence-electron chi connectivity index (χ2n) is 3.86. The summed E-state index contributed by atoms with van der Waals surface area (Å²) in [4.78, 5) is 22.4. The predicted molar refractivity (Wildman–Crippen MR) is 67.4 cm³/mol. The zero-order valence-corrected chi connectivity index (χ0v) is 10.9. The minimum Gasteiger partial charge on any atom is -0.336 e. The SMILES string of the molecule is CCC(N)CSCC(=O)NC(=O)NC(C)C. The number of hydrogen-bond donors (Lipinski definition) is 3. The molecule has 16 heavy (non-hydrogen) atoms. The molecule has 3 amide bonds. The summed E-state index contributed by atoms with van der Waals surface area (Å²) in [7, 11) is 0. The largest absolute Gasteiger partial charge is 0.336 e. The molecule has 6 heteroatoms. The summed E-state index contributed by atoms with van der Waals surface area (Å²) >= 11 is 1.44. The van der Waals surface area contributed by atoms with E-state index in [1.54, 1.807) is 0 Å². The molecule has 0 rings (SSSR count). The van der Waals surface area contributed by atoms with E-state index in [-0.39, 0.29) is 23.7 Å². The van der Waals surface area contributed by atoms with Crippen molar-refractivity contribution in [1.82, 2.24) is 10.6 Å². The van der Waals surface area contributed by atoms with Gasteiger partial charge in [0.1, 0.15) is 0 Å². The monoisotopic (exact) mass is 247 g/mol. The topological polar surface area (TPSA) is 84.2 Å². The molecule has 0 bridgehead atoms. The van der Waals surface area contributed by atoms with Crippen molar-refractivity contribution in [3.63, 3.8) is 0 Å². The van der Waals surface area contributed by atoms with Gasteiger partial charge in [-0.3, -0.25) is 10.1 Å². The Kier molecular flexibility index (Phi) is 8.01. The number of carbonyl (C=O) groups is 2. The summed E-state index contributed by atoms with van der Waals surface area (Å²) in [6.07, 6.45) is 0.891. The Morgan fingerprint density at radius 2 is 2.00 bits per heavy atom. The number of imide groups is 1. The molecule has 5 nitrogen and oxygen atoms in total. The maximum Gasteiger partial charge on any atom is 0.321 e. The van der Waals surface area contributed by atoms with Gasteiger partial charge in [-0.1, -0.05) is 6.92 Å².